The van der Waals surface area contributed by atoms with Gasteiger partial charge in [-0.1, -0.05) is 0 Å². The molecule has 3 N–H and O–H groups in total. The van der Waals surface area contributed by atoms with Crippen molar-refractivity contribution in [2.75, 3.05) is 12.8 Å². The standard InChI is InChI=1S/C15H13N7O2S/c1-24-11-5-17-4-10(20-11)13-12(19-6-25-13)9-2-8-7(14(23)21-9)3-18-15(16)22-8/h3-6,9H,2H2,1H3,(H,21,23)(H2,16,18,22)/t9-/m0/s1. The number of amides is 1. The van der Waals surface area contributed by atoms with Crippen LogP contribution in [0, 0.1) is 0 Å². The molecule has 0 spiro atoms. The van der Waals surface area contributed by atoms with Gasteiger partial charge < -0.3 is 15.8 Å². The molecule has 0 aliphatic carbocycles. The second-order valence-electron chi connectivity index (χ2n) is 5.33. The van der Waals surface area contributed by atoms with E-state index in [4.69, 9.17) is 10.5 Å². The minimum absolute atomic E-state index is 0.143. The Labute approximate surface area is 146 Å². The molecule has 10 heteroatoms. The van der Waals surface area contributed by atoms with Gasteiger partial charge >= 0.3 is 0 Å². The summed E-state index contributed by atoms with van der Waals surface area (Å²) in [5, 5.41) is 2.94. The summed E-state index contributed by atoms with van der Waals surface area (Å²) >= 11 is 1.42. The second-order valence-corrected chi connectivity index (χ2v) is 6.19. The Kier molecular flexibility index (Phi) is 3.73. The molecule has 4 heterocycles. The molecule has 4 rings (SSSR count). The van der Waals surface area contributed by atoms with Crippen LogP contribution in [0.5, 0.6) is 5.88 Å². The number of carbonyl (C=O) groups excluding carboxylic acids is 1. The SMILES string of the molecule is COc1cncc(-c2scnc2[C@@H]2Cc3nc(N)ncc3C(=O)N2)n1. The molecule has 0 saturated heterocycles. The maximum atomic E-state index is 12.3. The molecule has 3 aromatic heterocycles. The van der Waals surface area contributed by atoms with E-state index in [0.717, 1.165) is 4.88 Å². The van der Waals surface area contributed by atoms with Gasteiger partial charge in [0.2, 0.25) is 11.8 Å². The number of thiazole rings is 1. The molecule has 3 aromatic rings. The van der Waals surface area contributed by atoms with Crippen LogP contribution in [0.25, 0.3) is 10.6 Å². The number of rotatable bonds is 3. The van der Waals surface area contributed by atoms with Crippen molar-refractivity contribution in [2.45, 2.75) is 12.5 Å². The first-order chi connectivity index (χ1) is 12.2. The van der Waals surface area contributed by atoms with Gasteiger partial charge in [-0.05, 0) is 0 Å². The molecule has 126 valence electrons. The van der Waals surface area contributed by atoms with Crippen molar-refractivity contribution in [3.05, 3.63) is 41.1 Å². The highest BCUT2D eigenvalue weighted by Gasteiger charge is 2.30. The van der Waals surface area contributed by atoms with Crippen LogP contribution < -0.4 is 15.8 Å². The molecule has 0 saturated carbocycles. The number of hydrogen-bond acceptors (Lipinski definition) is 9. The number of ether oxygens (including phenoxy) is 1. The molecule has 1 aliphatic heterocycles. The zero-order valence-electron chi connectivity index (χ0n) is 13.1. The van der Waals surface area contributed by atoms with E-state index in [9.17, 15) is 4.79 Å². The van der Waals surface area contributed by atoms with Crippen molar-refractivity contribution < 1.29 is 9.53 Å². The molecule has 25 heavy (non-hydrogen) atoms. The minimum atomic E-state index is -0.330. The summed E-state index contributed by atoms with van der Waals surface area (Å²) in [5.74, 6) is 0.307. The zero-order chi connectivity index (χ0) is 17.4. The highest BCUT2D eigenvalue weighted by molar-refractivity contribution is 7.13. The number of nitrogens with two attached hydrogens (primary N) is 1. The number of nitrogen functional groups attached to an aromatic ring is 1. The first-order valence-electron chi connectivity index (χ1n) is 7.37. The van der Waals surface area contributed by atoms with E-state index in [1.54, 1.807) is 11.7 Å². The Bertz CT molecular complexity index is 959. The molecule has 0 aromatic carbocycles. The molecule has 0 fully saturated rings. The van der Waals surface area contributed by atoms with E-state index in [1.165, 1.54) is 30.8 Å². The van der Waals surface area contributed by atoms with Gasteiger partial charge in [0.1, 0.15) is 5.69 Å². The third-order valence-electron chi connectivity index (χ3n) is 3.81. The maximum absolute atomic E-state index is 12.3. The summed E-state index contributed by atoms with van der Waals surface area (Å²) in [6.45, 7) is 0. The summed E-state index contributed by atoms with van der Waals surface area (Å²) in [6.07, 6.45) is 5.08. The Hall–Kier alpha value is -3.14. The largest absolute Gasteiger partial charge is 0.480 e. The Morgan fingerprint density at radius 1 is 1.28 bits per heavy atom. The highest BCUT2D eigenvalue weighted by Crippen LogP contribution is 2.34. The van der Waals surface area contributed by atoms with E-state index in [1.807, 2.05) is 0 Å². The summed E-state index contributed by atoms with van der Waals surface area (Å²) in [5.41, 5.74) is 9.75. The highest BCUT2D eigenvalue weighted by atomic mass is 32.1. The zero-order valence-corrected chi connectivity index (χ0v) is 13.9. The lowest BCUT2D eigenvalue weighted by Gasteiger charge is -2.24. The molecule has 1 amide bonds. The average Bonchev–Trinajstić information content (AvgIpc) is 3.11. The van der Waals surface area contributed by atoms with Crippen LogP contribution in [-0.4, -0.2) is 37.9 Å². The first-order valence-corrected chi connectivity index (χ1v) is 8.25. The van der Waals surface area contributed by atoms with Gasteiger partial charge in [-0.2, -0.15) is 0 Å². The van der Waals surface area contributed by atoms with Crippen LogP contribution >= 0.6 is 11.3 Å². The van der Waals surface area contributed by atoms with Crippen LogP contribution in [-0.2, 0) is 6.42 Å². The van der Waals surface area contributed by atoms with E-state index in [0.29, 0.717) is 34.9 Å². The van der Waals surface area contributed by atoms with Crippen LogP contribution in [0.4, 0.5) is 5.95 Å². The van der Waals surface area contributed by atoms with Gasteiger partial charge in [-0.15, -0.1) is 11.3 Å². The maximum Gasteiger partial charge on any atom is 0.255 e. The fourth-order valence-corrected chi connectivity index (χ4v) is 3.48. The fourth-order valence-electron chi connectivity index (χ4n) is 2.67. The van der Waals surface area contributed by atoms with Gasteiger partial charge in [0.15, 0.2) is 0 Å². The molecule has 0 radical (unpaired) electrons. The van der Waals surface area contributed by atoms with Crippen LogP contribution in [0.1, 0.15) is 27.8 Å². The third kappa shape index (κ3) is 2.76. The monoisotopic (exact) mass is 355 g/mol. The molecule has 9 nitrogen and oxygen atoms in total. The second kappa shape index (κ2) is 6.06. The number of methoxy groups -OCH3 is 1. The smallest absolute Gasteiger partial charge is 0.255 e. The number of fused-ring (bicyclic) bond motifs is 1. The topological polar surface area (TPSA) is 129 Å². The quantitative estimate of drug-likeness (QED) is 0.712. The lowest BCUT2D eigenvalue weighted by Crippen LogP contribution is -2.36. The Balaban J connectivity index is 1.72. The Morgan fingerprint density at radius 2 is 2.16 bits per heavy atom. The number of nitrogens with zero attached hydrogens (tertiary/aromatic N) is 5. The lowest BCUT2D eigenvalue weighted by molar-refractivity contribution is 0.0922. The third-order valence-corrected chi connectivity index (χ3v) is 4.68. The fraction of sp³-hybridized carbons (Fsp3) is 0.200. The van der Waals surface area contributed by atoms with E-state index in [-0.39, 0.29) is 17.9 Å². The minimum Gasteiger partial charge on any atom is -0.480 e. The van der Waals surface area contributed by atoms with Crippen LogP contribution in [0.15, 0.2) is 24.1 Å². The molecule has 0 bridgehead atoms. The van der Waals surface area contributed by atoms with Gasteiger partial charge in [0, 0.05) is 12.6 Å². The summed E-state index contributed by atoms with van der Waals surface area (Å²) in [6, 6.07) is -0.330. The molecular weight excluding hydrogens is 342 g/mol. The van der Waals surface area contributed by atoms with Crippen LogP contribution in [0.3, 0.4) is 0 Å². The molecule has 1 atom stereocenters. The molecule has 0 unspecified atom stereocenters. The number of carbonyl (C=O) groups is 1. The van der Waals surface area contributed by atoms with Gasteiger partial charge in [-0.25, -0.2) is 19.9 Å². The number of hydrogen-bond donors (Lipinski definition) is 2. The number of aromatic nitrogens is 5. The Morgan fingerprint density at radius 3 is 3.00 bits per heavy atom. The van der Waals surface area contributed by atoms with E-state index < -0.39 is 0 Å². The summed E-state index contributed by atoms with van der Waals surface area (Å²) < 4.78 is 5.13. The number of anilines is 1. The average molecular weight is 355 g/mol. The van der Waals surface area contributed by atoms with Gasteiger partial charge in [0.25, 0.3) is 5.91 Å². The van der Waals surface area contributed by atoms with Gasteiger partial charge in [-0.3, -0.25) is 9.78 Å². The van der Waals surface area contributed by atoms with E-state index >= 15 is 0 Å². The van der Waals surface area contributed by atoms with Crippen molar-refractivity contribution in [1.82, 2.24) is 30.2 Å². The summed E-state index contributed by atoms with van der Waals surface area (Å²) in [7, 11) is 1.53. The van der Waals surface area contributed by atoms with Crippen molar-refractivity contribution in [3.63, 3.8) is 0 Å². The lowest BCUT2D eigenvalue weighted by atomic mass is 9.98. The first kappa shape index (κ1) is 15.4. The predicted octanol–water partition coefficient (Wildman–Crippen LogP) is 1.01. The molecule has 1 aliphatic rings. The van der Waals surface area contributed by atoms with Crippen molar-refractivity contribution in [2.24, 2.45) is 0 Å². The van der Waals surface area contributed by atoms with Crippen LogP contribution in [0.2, 0.25) is 0 Å². The predicted molar refractivity (Wildman–Crippen MR) is 90.0 cm³/mol. The summed E-state index contributed by atoms with van der Waals surface area (Å²) in [4.78, 5) is 34.2. The molecular formula is C15H13N7O2S. The number of nitrogens with one attached hydrogen (secondary N) is 1. The van der Waals surface area contributed by atoms with Crippen molar-refractivity contribution in [3.8, 4) is 16.5 Å². The van der Waals surface area contributed by atoms with Crippen molar-refractivity contribution in [1.29, 1.82) is 0 Å². The normalized spacial score (nSPS) is 16.2. The van der Waals surface area contributed by atoms with Crippen molar-refractivity contribution >= 4 is 23.2 Å². The van der Waals surface area contributed by atoms with Gasteiger partial charge in [0.05, 0.1) is 52.9 Å². The van der Waals surface area contributed by atoms with E-state index in [2.05, 4.69) is 30.2 Å².